The van der Waals surface area contributed by atoms with Gasteiger partial charge in [0, 0.05) is 0 Å². The Morgan fingerprint density at radius 3 is 1.58 bits per heavy atom. The Bertz CT molecular complexity index is 1350. The summed E-state index contributed by atoms with van der Waals surface area (Å²) in [4.78, 5) is 0.334. The Labute approximate surface area is 182 Å². The number of nitrogens with one attached hydrogen (secondary N) is 2. The Kier molecular flexibility index (Phi) is 5.60. The molecule has 0 atom stereocenters. The van der Waals surface area contributed by atoms with Crippen molar-refractivity contribution in [3.05, 3.63) is 95.6 Å². The highest BCUT2D eigenvalue weighted by Crippen LogP contribution is 2.35. The summed E-state index contributed by atoms with van der Waals surface area (Å²) >= 11 is 0. The van der Waals surface area contributed by atoms with Gasteiger partial charge in [-0.05, 0) is 67.3 Å². The molecule has 0 saturated carbocycles. The number of sulfonamides is 2. The van der Waals surface area contributed by atoms with Gasteiger partial charge in [-0.1, -0.05) is 48.0 Å². The lowest BCUT2D eigenvalue weighted by atomic mass is 9.90. The molecule has 0 unspecified atom stereocenters. The zero-order valence-electron chi connectivity index (χ0n) is 16.9. The van der Waals surface area contributed by atoms with Crippen LogP contribution >= 0.6 is 0 Å². The first-order valence-electron chi connectivity index (χ1n) is 9.72. The van der Waals surface area contributed by atoms with E-state index >= 15 is 0 Å². The molecule has 1 aliphatic carbocycles. The molecule has 2 N–H and O–H groups in total. The second-order valence-corrected chi connectivity index (χ2v) is 10.8. The minimum absolute atomic E-state index is 0.167. The summed E-state index contributed by atoms with van der Waals surface area (Å²) in [5.41, 5.74) is 3.53. The van der Waals surface area contributed by atoms with E-state index < -0.39 is 20.0 Å². The van der Waals surface area contributed by atoms with Gasteiger partial charge in [-0.25, -0.2) is 16.8 Å². The van der Waals surface area contributed by atoms with Crippen molar-refractivity contribution in [2.75, 3.05) is 9.44 Å². The van der Waals surface area contributed by atoms with Crippen LogP contribution in [0, 0.1) is 0 Å². The average Bonchev–Trinajstić information content (AvgIpc) is 2.76. The molecule has 1 aliphatic rings. The summed E-state index contributed by atoms with van der Waals surface area (Å²) in [6, 6.07) is 19.5. The minimum atomic E-state index is -3.76. The van der Waals surface area contributed by atoms with Crippen LogP contribution in [0.25, 0.3) is 0 Å². The SMILES string of the molecule is CC1=CCc2c(NS(=O)(=O)c3ccccc3)ccc(NS(=O)(=O)c3ccccc3)c2C1. The lowest BCUT2D eigenvalue weighted by Crippen LogP contribution is -2.19. The highest BCUT2D eigenvalue weighted by atomic mass is 32.2. The molecule has 160 valence electrons. The first-order chi connectivity index (χ1) is 14.8. The molecular weight excluding hydrogens is 432 g/mol. The minimum Gasteiger partial charge on any atom is -0.279 e. The van der Waals surface area contributed by atoms with Crippen LogP contribution in [0.1, 0.15) is 18.1 Å². The molecule has 0 fully saturated rings. The highest BCUT2D eigenvalue weighted by molar-refractivity contribution is 7.93. The maximum Gasteiger partial charge on any atom is 0.261 e. The monoisotopic (exact) mass is 454 g/mol. The molecular formula is C23H22N2O4S2. The quantitative estimate of drug-likeness (QED) is 0.542. The molecule has 4 rings (SSSR count). The molecule has 8 heteroatoms. The third-order valence-electron chi connectivity index (χ3n) is 5.14. The van der Waals surface area contributed by atoms with E-state index in [1.165, 1.54) is 24.3 Å². The molecule has 0 aromatic heterocycles. The number of allylic oxidation sites excluding steroid dienone is 2. The second kappa shape index (κ2) is 8.20. The van der Waals surface area contributed by atoms with E-state index in [-0.39, 0.29) is 9.79 Å². The van der Waals surface area contributed by atoms with Crippen molar-refractivity contribution in [2.24, 2.45) is 0 Å². The van der Waals surface area contributed by atoms with Gasteiger partial charge in [0.1, 0.15) is 0 Å². The summed E-state index contributed by atoms with van der Waals surface area (Å²) in [5.74, 6) is 0. The van der Waals surface area contributed by atoms with E-state index in [2.05, 4.69) is 9.44 Å². The number of hydrogen-bond donors (Lipinski definition) is 2. The zero-order chi connectivity index (χ0) is 22.1. The van der Waals surface area contributed by atoms with Crippen LogP contribution in [0.3, 0.4) is 0 Å². The number of anilines is 2. The van der Waals surface area contributed by atoms with Crippen molar-refractivity contribution >= 4 is 31.4 Å². The molecule has 0 radical (unpaired) electrons. The van der Waals surface area contributed by atoms with Crippen molar-refractivity contribution in [3.8, 4) is 0 Å². The summed E-state index contributed by atoms with van der Waals surface area (Å²) in [5, 5.41) is 0. The van der Waals surface area contributed by atoms with E-state index in [0.29, 0.717) is 24.2 Å². The summed E-state index contributed by atoms with van der Waals surface area (Å²) in [7, 11) is -7.52. The maximum atomic E-state index is 12.8. The third-order valence-corrected chi connectivity index (χ3v) is 7.90. The molecule has 0 heterocycles. The predicted octanol–water partition coefficient (Wildman–Crippen LogP) is 4.33. The van der Waals surface area contributed by atoms with Crippen molar-refractivity contribution in [2.45, 2.75) is 29.6 Å². The van der Waals surface area contributed by atoms with Gasteiger partial charge in [0.25, 0.3) is 20.0 Å². The number of rotatable bonds is 6. The molecule has 0 aliphatic heterocycles. The largest absolute Gasteiger partial charge is 0.279 e. The fraction of sp³-hybridized carbons (Fsp3) is 0.130. The van der Waals surface area contributed by atoms with Crippen LogP contribution in [0.4, 0.5) is 11.4 Å². The van der Waals surface area contributed by atoms with Gasteiger partial charge < -0.3 is 0 Å². The Hall–Kier alpha value is -3.10. The highest BCUT2D eigenvalue weighted by Gasteiger charge is 2.23. The predicted molar refractivity (Wildman–Crippen MR) is 122 cm³/mol. The van der Waals surface area contributed by atoms with Gasteiger partial charge in [0.2, 0.25) is 0 Å². The number of benzene rings is 3. The molecule has 3 aromatic carbocycles. The van der Waals surface area contributed by atoms with Gasteiger partial charge in [-0.2, -0.15) is 0 Å². The molecule has 31 heavy (non-hydrogen) atoms. The fourth-order valence-electron chi connectivity index (χ4n) is 3.55. The standard InChI is InChI=1S/C23H22N2O4S2/c1-17-12-13-20-21(16-17)23(25-31(28,29)19-10-6-3-7-11-19)15-14-22(20)24-30(26,27)18-8-4-2-5-9-18/h2-12,14-15,24-25H,13,16H2,1H3. The van der Waals surface area contributed by atoms with Crippen LogP contribution in [-0.2, 0) is 32.9 Å². The number of fused-ring (bicyclic) bond motifs is 1. The Balaban J connectivity index is 1.72. The Morgan fingerprint density at radius 2 is 1.10 bits per heavy atom. The van der Waals surface area contributed by atoms with Gasteiger partial charge in [-0.15, -0.1) is 0 Å². The van der Waals surface area contributed by atoms with Crippen LogP contribution in [0.5, 0.6) is 0 Å². The van der Waals surface area contributed by atoms with E-state index in [9.17, 15) is 16.8 Å². The van der Waals surface area contributed by atoms with Crippen molar-refractivity contribution in [1.82, 2.24) is 0 Å². The molecule has 0 amide bonds. The van der Waals surface area contributed by atoms with E-state index in [0.717, 1.165) is 16.7 Å². The van der Waals surface area contributed by atoms with Crippen molar-refractivity contribution in [1.29, 1.82) is 0 Å². The average molecular weight is 455 g/mol. The van der Waals surface area contributed by atoms with Crippen LogP contribution in [0.15, 0.2) is 94.2 Å². The zero-order valence-corrected chi connectivity index (χ0v) is 18.5. The second-order valence-electron chi connectivity index (χ2n) is 7.39. The maximum absolute atomic E-state index is 12.8. The lowest BCUT2D eigenvalue weighted by Gasteiger charge is -2.23. The van der Waals surface area contributed by atoms with Crippen molar-refractivity contribution < 1.29 is 16.8 Å². The van der Waals surface area contributed by atoms with E-state index in [4.69, 9.17) is 0 Å². The van der Waals surface area contributed by atoms with Gasteiger partial charge in [0.05, 0.1) is 21.2 Å². The molecule has 0 bridgehead atoms. The van der Waals surface area contributed by atoms with Crippen LogP contribution < -0.4 is 9.44 Å². The first kappa shape index (κ1) is 21.1. The normalized spacial score (nSPS) is 13.8. The Morgan fingerprint density at radius 1 is 0.645 bits per heavy atom. The van der Waals surface area contributed by atoms with E-state index in [1.54, 1.807) is 48.5 Å². The summed E-state index contributed by atoms with van der Waals surface area (Å²) < 4.78 is 56.6. The summed E-state index contributed by atoms with van der Waals surface area (Å²) in [6.07, 6.45) is 3.07. The molecule has 0 saturated heterocycles. The molecule has 0 spiro atoms. The molecule has 3 aromatic rings. The molecule has 6 nitrogen and oxygen atoms in total. The van der Waals surface area contributed by atoms with Crippen molar-refractivity contribution in [3.63, 3.8) is 0 Å². The topological polar surface area (TPSA) is 92.3 Å². The van der Waals surface area contributed by atoms with E-state index in [1.807, 2.05) is 13.0 Å². The van der Waals surface area contributed by atoms with Gasteiger partial charge in [0.15, 0.2) is 0 Å². The summed E-state index contributed by atoms with van der Waals surface area (Å²) in [6.45, 7) is 1.97. The van der Waals surface area contributed by atoms with Gasteiger partial charge >= 0.3 is 0 Å². The van der Waals surface area contributed by atoms with Crippen LogP contribution in [-0.4, -0.2) is 16.8 Å². The van der Waals surface area contributed by atoms with Crippen LogP contribution in [0.2, 0.25) is 0 Å². The smallest absolute Gasteiger partial charge is 0.261 e. The number of hydrogen-bond acceptors (Lipinski definition) is 4. The third kappa shape index (κ3) is 4.50. The first-order valence-corrected chi connectivity index (χ1v) is 12.7. The van der Waals surface area contributed by atoms with Gasteiger partial charge in [-0.3, -0.25) is 9.44 Å². The lowest BCUT2D eigenvalue weighted by molar-refractivity contribution is 0.599. The fourth-order valence-corrected chi connectivity index (χ4v) is 5.78.